The minimum absolute atomic E-state index is 0.117. The van der Waals surface area contributed by atoms with E-state index in [1.165, 1.54) is 7.11 Å². The van der Waals surface area contributed by atoms with Crippen molar-refractivity contribution in [3.05, 3.63) is 0 Å². The summed E-state index contributed by atoms with van der Waals surface area (Å²) < 4.78 is 4.46. The van der Waals surface area contributed by atoms with Crippen LogP contribution < -0.4 is 10.9 Å². The molecule has 0 saturated heterocycles. The first-order chi connectivity index (χ1) is 6.85. The number of hydrazine groups is 1. The molecule has 88 valence electrons. The largest absolute Gasteiger partial charge is 0.469 e. The van der Waals surface area contributed by atoms with Gasteiger partial charge >= 0.3 is 5.97 Å². The first-order valence-electron chi connectivity index (χ1n) is 4.98. The van der Waals surface area contributed by atoms with E-state index in [1.54, 1.807) is 0 Å². The molecule has 2 N–H and O–H groups in total. The Morgan fingerprint density at radius 2 is 1.80 bits per heavy atom. The molecule has 0 aliphatic heterocycles. The Labute approximate surface area is 90.5 Å². The average molecular weight is 216 g/mol. The third kappa shape index (κ3) is 9.21. The van der Waals surface area contributed by atoms with Crippen LogP contribution in [-0.4, -0.2) is 24.5 Å². The predicted molar refractivity (Wildman–Crippen MR) is 56.9 cm³/mol. The molecule has 5 nitrogen and oxygen atoms in total. The average Bonchev–Trinajstić information content (AvgIpc) is 2.13. The summed E-state index contributed by atoms with van der Waals surface area (Å²) in [6, 6.07) is 0. The standard InChI is InChI=1S/C10H20N2O3/c1-10(2,3)12-11-8(13)6-5-7-9(14)15-4/h12H,5-7H2,1-4H3,(H,11,13). The number of hydrogen-bond donors (Lipinski definition) is 2. The second-order valence-corrected chi connectivity index (χ2v) is 4.35. The minimum atomic E-state index is -0.286. The van der Waals surface area contributed by atoms with Crippen molar-refractivity contribution in [1.29, 1.82) is 0 Å². The first kappa shape index (κ1) is 13.9. The SMILES string of the molecule is COC(=O)CCCC(=O)NNC(C)(C)C. The molecule has 0 aromatic heterocycles. The van der Waals surface area contributed by atoms with E-state index in [2.05, 4.69) is 15.6 Å². The van der Waals surface area contributed by atoms with Gasteiger partial charge in [-0.05, 0) is 27.2 Å². The van der Waals surface area contributed by atoms with Crippen molar-refractivity contribution in [2.75, 3.05) is 7.11 Å². The molecule has 0 heterocycles. The fourth-order valence-corrected chi connectivity index (χ4v) is 0.815. The van der Waals surface area contributed by atoms with Gasteiger partial charge in [-0.2, -0.15) is 0 Å². The highest BCUT2D eigenvalue weighted by atomic mass is 16.5. The number of methoxy groups -OCH3 is 1. The van der Waals surface area contributed by atoms with Crippen molar-refractivity contribution >= 4 is 11.9 Å². The molecule has 5 heteroatoms. The van der Waals surface area contributed by atoms with E-state index in [1.807, 2.05) is 20.8 Å². The topological polar surface area (TPSA) is 67.4 Å². The molecule has 0 aliphatic rings. The molecule has 0 fully saturated rings. The molecule has 0 bridgehead atoms. The third-order valence-electron chi connectivity index (χ3n) is 1.59. The van der Waals surface area contributed by atoms with Crippen molar-refractivity contribution in [2.24, 2.45) is 0 Å². The van der Waals surface area contributed by atoms with Crippen molar-refractivity contribution in [2.45, 2.75) is 45.6 Å². The molecule has 0 radical (unpaired) electrons. The Morgan fingerprint density at radius 1 is 1.20 bits per heavy atom. The molecule has 0 aliphatic carbocycles. The van der Waals surface area contributed by atoms with Crippen LogP contribution in [0.3, 0.4) is 0 Å². The van der Waals surface area contributed by atoms with Crippen LogP contribution in [0.15, 0.2) is 0 Å². The Hall–Kier alpha value is -1.10. The van der Waals surface area contributed by atoms with Gasteiger partial charge in [-0.1, -0.05) is 0 Å². The van der Waals surface area contributed by atoms with Gasteiger partial charge in [-0.25, -0.2) is 5.43 Å². The van der Waals surface area contributed by atoms with Gasteiger partial charge in [0.2, 0.25) is 5.91 Å². The number of amides is 1. The Bertz CT molecular complexity index is 221. The van der Waals surface area contributed by atoms with Gasteiger partial charge in [0, 0.05) is 18.4 Å². The van der Waals surface area contributed by atoms with Crippen LogP contribution in [0.1, 0.15) is 40.0 Å². The van der Waals surface area contributed by atoms with Crippen molar-refractivity contribution < 1.29 is 14.3 Å². The van der Waals surface area contributed by atoms with Gasteiger partial charge in [-0.15, -0.1) is 0 Å². The quantitative estimate of drug-likeness (QED) is 0.525. The number of nitrogens with one attached hydrogen (secondary N) is 2. The fourth-order valence-electron chi connectivity index (χ4n) is 0.815. The van der Waals surface area contributed by atoms with E-state index in [0.717, 1.165) is 0 Å². The highest BCUT2D eigenvalue weighted by Crippen LogP contribution is 1.98. The number of rotatable bonds is 5. The number of carbonyl (C=O) groups excluding carboxylic acids is 2. The van der Waals surface area contributed by atoms with Gasteiger partial charge in [0.1, 0.15) is 0 Å². The first-order valence-corrected chi connectivity index (χ1v) is 4.98. The number of esters is 1. The highest BCUT2D eigenvalue weighted by molar-refractivity contribution is 5.76. The molecule has 0 atom stereocenters. The van der Waals surface area contributed by atoms with Gasteiger partial charge < -0.3 is 4.74 Å². The normalized spacial score (nSPS) is 10.9. The summed E-state index contributed by atoms with van der Waals surface area (Å²) in [7, 11) is 1.34. The number of ether oxygens (including phenoxy) is 1. The molecule has 0 unspecified atom stereocenters. The van der Waals surface area contributed by atoms with Crippen LogP contribution in [0.5, 0.6) is 0 Å². The fraction of sp³-hybridized carbons (Fsp3) is 0.800. The van der Waals surface area contributed by atoms with Crippen molar-refractivity contribution in [3.8, 4) is 0 Å². The highest BCUT2D eigenvalue weighted by Gasteiger charge is 2.10. The molecule has 0 spiro atoms. The maximum Gasteiger partial charge on any atom is 0.305 e. The van der Waals surface area contributed by atoms with E-state index >= 15 is 0 Å². The summed E-state index contributed by atoms with van der Waals surface area (Å²) in [4.78, 5) is 22.0. The van der Waals surface area contributed by atoms with Crippen LogP contribution in [0, 0.1) is 0 Å². The zero-order valence-corrected chi connectivity index (χ0v) is 9.85. The monoisotopic (exact) mass is 216 g/mol. The molecule has 0 saturated carbocycles. The van der Waals surface area contributed by atoms with Gasteiger partial charge in [0.05, 0.1) is 7.11 Å². The van der Waals surface area contributed by atoms with Crippen LogP contribution in [0.25, 0.3) is 0 Å². The number of carbonyl (C=O) groups is 2. The molecule has 0 rings (SSSR count). The lowest BCUT2D eigenvalue weighted by Crippen LogP contribution is -2.48. The minimum Gasteiger partial charge on any atom is -0.469 e. The summed E-state index contributed by atoms with van der Waals surface area (Å²) in [5, 5.41) is 0. The predicted octanol–water partition coefficient (Wildman–Crippen LogP) is 0.749. The maximum atomic E-state index is 11.2. The van der Waals surface area contributed by atoms with Crippen molar-refractivity contribution in [3.63, 3.8) is 0 Å². The van der Waals surface area contributed by atoms with E-state index < -0.39 is 0 Å². The van der Waals surface area contributed by atoms with Gasteiger partial charge in [0.15, 0.2) is 0 Å². The van der Waals surface area contributed by atoms with Crippen LogP contribution >= 0.6 is 0 Å². The van der Waals surface area contributed by atoms with Gasteiger partial charge in [0.25, 0.3) is 0 Å². The molecule has 0 aromatic carbocycles. The summed E-state index contributed by atoms with van der Waals surface area (Å²) in [5.74, 6) is -0.402. The third-order valence-corrected chi connectivity index (χ3v) is 1.59. The summed E-state index contributed by atoms with van der Waals surface area (Å²) in [6.45, 7) is 5.84. The van der Waals surface area contributed by atoms with Crippen LogP contribution in [0.2, 0.25) is 0 Å². The Morgan fingerprint density at radius 3 is 2.27 bits per heavy atom. The lowest BCUT2D eigenvalue weighted by Gasteiger charge is -2.20. The second kappa shape index (κ2) is 6.40. The van der Waals surface area contributed by atoms with Gasteiger partial charge in [-0.3, -0.25) is 15.0 Å². The lowest BCUT2D eigenvalue weighted by atomic mass is 10.1. The summed E-state index contributed by atoms with van der Waals surface area (Å²) in [5.41, 5.74) is 5.28. The van der Waals surface area contributed by atoms with Crippen LogP contribution in [0.4, 0.5) is 0 Å². The lowest BCUT2D eigenvalue weighted by molar-refractivity contribution is -0.140. The zero-order chi connectivity index (χ0) is 11.9. The maximum absolute atomic E-state index is 11.2. The van der Waals surface area contributed by atoms with E-state index in [9.17, 15) is 9.59 Å². The molecular weight excluding hydrogens is 196 g/mol. The zero-order valence-electron chi connectivity index (χ0n) is 9.85. The number of hydrogen-bond acceptors (Lipinski definition) is 4. The molecular formula is C10H20N2O3. The Kier molecular flexibility index (Phi) is 5.93. The summed E-state index contributed by atoms with van der Waals surface area (Å²) in [6.07, 6.45) is 1.10. The van der Waals surface area contributed by atoms with Crippen molar-refractivity contribution in [1.82, 2.24) is 10.9 Å². The second-order valence-electron chi connectivity index (χ2n) is 4.35. The molecule has 1 amide bonds. The van der Waals surface area contributed by atoms with E-state index in [-0.39, 0.29) is 23.8 Å². The van der Waals surface area contributed by atoms with Crippen LogP contribution in [-0.2, 0) is 14.3 Å². The Balaban J connectivity index is 3.54. The van der Waals surface area contributed by atoms with E-state index in [0.29, 0.717) is 12.8 Å². The summed E-state index contributed by atoms with van der Waals surface area (Å²) >= 11 is 0. The molecule has 15 heavy (non-hydrogen) atoms. The smallest absolute Gasteiger partial charge is 0.305 e. The van der Waals surface area contributed by atoms with E-state index in [4.69, 9.17) is 0 Å². The molecule has 0 aromatic rings.